The molecule has 2 aromatic carbocycles. The van der Waals surface area contributed by atoms with Crippen LogP contribution in [0.3, 0.4) is 0 Å². The molecular formula is C20H18N2OS3. The van der Waals surface area contributed by atoms with Crippen LogP contribution in [-0.4, -0.2) is 21.7 Å². The Labute approximate surface area is 167 Å². The average molecular weight is 399 g/mol. The van der Waals surface area contributed by atoms with Crippen LogP contribution in [0.5, 0.6) is 0 Å². The maximum Gasteiger partial charge on any atom is 0.269 e. The lowest BCUT2D eigenvalue weighted by atomic mass is 10.1. The highest BCUT2D eigenvalue weighted by Crippen LogP contribution is 2.51. The van der Waals surface area contributed by atoms with E-state index < -0.39 is 0 Å². The van der Waals surface area contributed by atoms with Crippen molar-refractivity contribution in [3.63, 3.8) is 0 Å². The molecule has 2 heterocycles. The molecule has 0 radical (unpaired) electrons. The molecule has 2 aliphatic heterocycles. The van der Waals surface area contributed by atoms with Gasteiger partial charge in [0.1, 0.15) is 14.3 Å². The fourth-order valence-corrected chi connectivity index (χ4v) is 6.03. The minimum absolute atomic E-state index is 0.00473. The second-order valence-corrected chi connectivity index (χ2v) is 8.75. The average Bonchev–Trinajstić information content (AvgIpc) is 3.18. The molecule has 1 fully saturated rings. The van der Waals surface area contributed by atoms with Crippen molar-refractivity contribution in [3.8, 4) is 0 Å². The van der Waals surface area contributed by atoms with Gasteiger partial charge < -0.3 is 4.90 Å². The summed E-state index contributed by atoms with van der Waals surface area (Å²) in [6.07, 6.45) is 0. The molecule has 0 aromatic heterocycles. The number of carbonyl (C=O) groups is 1. The van der Waals surface area contributed by atoms with E-state index in [0.717, 1.165) is 27.7 Å². The fraction of sp³-hybridized carbons (Fsp3) is 0.200. The molecule has 3 nitrogen and oxygen atoms in total. The van der Waals surface area contributed by atoms with Crippen molar-refractivity contribution >= 4 is 51.7 Å². The maximum absolute atomic E-state index is 13.2. The van der Waals surface area contributed by atoms with E-state index in [1.165, 1.54) is 16.7 Å². The third-order valence-corrected chi connectivity index (χ3v) is 7.29. The molecule has 0 N–H and O–H groups in total. The van der Waals surface area contributed by atoms with E-state index in [9.17, 15) is 4.79 Å². The second-order valence-electron chi connectivity index (χ2n) is 6.08. The number of hydrogen-bond donors (Lipinski definition) is 0. The van der Waals surface area contributed by atoms with Gasteiger partial charge in [-0.05, 0) is 31.5 Å². The molecule has 26 heavy (non-hydrogen) atoms. The van der Waals surface area contributed by atoms with Gasteiger partial charge in [-0.1, -0.05) is 78.2 Å². The van der Waals surface area contributed by atoms with Gasteiger partial charge in [-0.15, -0.1) is 0 Å². The van der Waals surface area contributed by atoms with Crippen LogP contribution in [0, 0.1) is 0 Å². The van der Waals surface area contributed by atoms with Gasteiger partial charge in [0, 0.05) is 11.4 Å². The Morgan fingerprint density at radius 2 is 1.73 bits per heavy atom. The topological polar surface area (TPSA) is 23.6 Å². The second kappa shape index (κ2) is 7.10. The third-order valence-electron chi connectivity index (χ3n) is 4.59. The summed E-state index contributed by atoms with van der Waals surface area (Å²) in [6.45, 7) is 4.95. The van der Waals surface area contributed by atoms with Crippen molar-refractivity contribution in [2.24, 2.45) is 0 Å². The Morgan fingerprint density at radius 3 is 2.46 bits per heavy atom. The highest BCUT2D eigenvalue weighted by atomic mass is 32.2. The normalized spacial score (nSPS) is 20.7. The minimum Gasteiger partial charge on any atom is -0.334 e. The van der Waals surface area contributed by atoms with Gasteiger partial charge >= 0.3 is 0 Å². The Hall–Kier alpha value is -1.76. The van der Waals surface area contributed by atoms with E-state index in [1.807, 2.05) is 49.4 Å². The molecule has 0 saturated carbocycles. The number of nitrogens with zero attached hydrogens (tertiary/aromatic N) is 2. The number of rotatable bonds is 3. The first-order chi connectivity index (χ1) is 12.6. The van der Waals surface area contributed by atoms with Crippen molar-refractivity contribution < 1.29 is 4.79 Å². The Bertz CT molecular complexity index is 910. The van der Waals surface area contributed by atoms with Gasteiger partial charge in [-0.3, -0.25) is 9.69 Å². The molecule has 1 saturated heterocycles. The lowest BCUT2D eigenvalue weighted by Gasteiger charge is -2.24. The molecule has 4 rings (SSSR count). The molecule has 1 amide bonds. The first-order valence-corrected chi connectivity index (χ1v) is 10.5. The largest absolute Gasteiger partial charge is 0.334 e. The van der Waals surface area contributed by atoms with Gasteiger partial charge in [0.25, 0.3) is 5.91 Å². The number of thiocarbonyl (C=S) groups is 1. The van der Waals surface area contributed by atoms with E-state index in [-0.39, 0.29) is 11.9 Å². The summed E-state index contributed by atoms with van der Waals surface area (Å²) in [5, 5.41) is 0.994. The van der Waals surface area contributed by atoms with Crippen LogP contribution in [-0.2, 0) is 4.79 Å². The SMILES string of the molecule is CCN1C(=C2SC(=S)N([C@H](C)c3ccccc3)C2=O)Sc2ccccc21. The summed E-state index contributed by atoms with van der Waals surface area (Å²) in [7, 11) is 0. The summed E-state index contributed by atoms with van der Waals surface area (Å²) in [4.78, 5) is 19.1. The fourth-order valence-electron chi connectivity index (χ4n) is 3.24. The predicted octanol–water partition coefficient (Wildman–Crippen LogP) is 5.41. The summed E-state index contributed by atoms with van der Waals surface area (Å²) in [5.41, 5.74) is 2.25. The molecule has 0 spiro atoms. The number of benzene rings is 2. The summed E-state index contributed by atoms with van der Waals surface area (Å²) in [6, 6.07) is 18.2. The maximum atomic E-state index is 13.2. The number of amides is 1. The van der Waals surface area contributed by atoms with Crippen molar-refractivity contribution in [1.29, 1.82) is 0 Å². The van der Waals surface area contributed by atoms with Crippen molar-refractivity contribution in [2.45, 2.75) is 24.8 Å². The highest BCUT2D eigenvalue weighted by molar-refractivity contribution is 8.27. The van der Waals surface area contributed by atoms with Crippen LogP contribution in [0.15, 0.2) is 69.4 Å². The summed E-state index contributed by atoms with van der Waals surface area (Å²) < 4.78 is 0.626. The van der Waals surface area contributed by atoms with Crippen LogP contribution >= 0.6 is 35.7 Å². The quantitative estimate of drug-likeness (QED) is 0.508. The summed E-state index contributed by atoms with van der Waals surface area (Å²) >= 11 is 8.65. The standard InChI is InChI=1S/C20H18N2OS3/c1-3-21-15-11-7-8-12-16(15)25-19(21)17-18(23)22(20(24)26-17)13(2)14-9-5-4-6-10-14/h4-13H,3H2,1-2H3/t13-/m1/s1. The number of para-hydroxylation sites is 1. The van der Waals surface area contributed by atoms with E-state index in [1.54, 1.807) is 16.7 Å². The molecule has 132 valence electrons. The zero-order valence-electron chi connectivity index (χ0n) is 14.5. The molecular weight excluding hydrogens is 380 g/mol. The molecule has 2 aromatic rings. The van der Waals surface area contributed by atoms with E-state index >= 15 is 0 Å². The van der Waals surface area contributed by atoms with Gasteiger partial charge in [0.15, 0.2) is 0 Å². The Kier molecular flexibility index (Phi) is 4.82. The van der Waals surface area contributed by atoms with Crippen molar-refractivity contribution in [3.05, 3.63) is 70.1 Å². The van der Waals surface area contributed by atoms with Crippen LogP contribution in [0.25, 0.3) is 0 Å². The molecule has 6 heteroatoms. The van der Waals surface area contributed by atoms with Crippen LogP contribution in [0.4, 0.5) is 5.69 Å². The van der Waals surface area contributed by atoms with Crippen molar-refractivity contribution in [1.82, 2.24) is 4.90 Å². The predicted molar refractivity (Wildman–Crippen MR) is 114 cm³/mol. The van der Waals surface area contributed by atoms with E-state index in [0.29, 0.717) is 4.32 Å². The molecule has 0 bridgehead atoms. The minimum atomic E-state index is -0.0781. The molecule has 2 aliphatic rings. The zero-order chi connectivity index (χ0) is 18.3. The van der Waals surface area contributed by atoms with Gasteiger partial charge in [-0.25, -0.2) is 0 Å². The first-order valence-electron chi connectivity index (χ1n) is 8.50. The molecule has 0 aliphatic carbocycles. The monoisotopic (exact) mass is 398 g/mol. The smallest absolute Gasteiger partial charge is 0.269 e. The lowest BCUT2D eigenvalue weighted by Crippen LogP contribution is -2.31. The van der Waals surface area contributed by atoms with E-state index in [2.05, 4.69) is 24.0 Å². The Morgan fingerprint density at radius 1 is 1.04 bits per heavy atom. The number of fused-ring (bicyclic) bond motifs is 1. The number of thioether (sulfide) groups is 2. The van der Waals surface area contributed by atoms with Gasteiger partial charge in [0.2, 0.25) is 0 Å². The lowest BCUT2D eigenvalue weighted by molar-refractivity contribution is -0.123. The van der Waals surface area contributed by atoms with E-state index in [4.69, 9.17) is 12.2 Å². The number of anilines is 1. The zero-order valence-corrected chi connectivity index (χ0v) is 17.0. The molecule has 1 atom stereocenters. The Balaban J connectivity index is 1.71. The molecule has 0 unspecified atom stereocenters. The van der Waals surface area contributed by atoms with Crippen LogP contribution in [0.1, 0.15) is 25.5 Å². The highest BCUT2D eigenvalue weighted by Gasteiger charge is 2.40. The van der Waals surface area contributed by atoms with Gasteiger partial charge in [0.05, 0.1) is 11.7 Å². The number of carbonyl (C=O) groups excluding carboxylic acids is 1. The van der Waals surface area contributed by atoms with Crippen LogP contribution in [0.2, 0.25) is 0 Å². The number of hydrogen-bond acceptors (Lipinski definition) is 5. The van der Waals surface area contributed by atoms with Gasteiger partial charge in [-0.2, -0.15) is 0 Å². The first kappa shape index (κ1) is 17.6. The van der Waals surface area contributed by atoms with Crippen molar-refractivity contribution in [2.75, 3.05) is 11.4 Å². The third kappa shape index (κ3) is 2.86. The van der Waals surface area contributed by atoms with Crippen LogP contribution < -0.4 is 4.90 Å². The summed E-state index contributed by atoms with van der Waals surface area (Å²) in [5.74, 6) is 0.00473.